The van der Waals surface area contributed by atoms with Crippen molar-refractivity contribution < 1.29 is 14.7 Å². The summed E-state index contributed by atoms with van der Waals surface area (Å²) in [6.45, 7) is 0. The van der Waals surface area contributed by atoms with Crippen LogP contribution >= 0.6 is 11.6 Å². The van der Waals surface area contributed by atoms with Crippen molar-refractivity contribution >= 4 is 23.4 Å². The molecule has 0 aliphatic rings. The Morgan fingerprint density at radius 2 is 1.80 bits per heavy atom. The van der Waals surface area contributed by atoms with Crippen LogP contribution in [-0.4, -0.2) is 16.9 Å². The molecule has 0 unspecified atom stereocenters. The number of carboxylic acid groups (broad SMARTS) is 1. The number of carbonyl (C=O) groups excluding carboxylic acids is 1. The molecule has 0 aromatic heterocycles. The molecular weight excluding hydrogens is 216 g/mol. The number of benzene rings is 1. The van der Waals surface area contributed by atoms with Crippen molar-refractivity contribution in [3.05, 3.63) is 34.9 Å². The molecule has 0 atom stereocenters. The van der Waals surface area contributed by atoms with Crippen LogP contribution in [0.2, 0.25) is 5.02 Å². The van der Waals surface area contributed by atoms with Crippen LogP contribution in [0.25, 0.3) is 0 Å². The first kappa shape index (κ1) is 11.7. The average Bonchev–Trinajstić information content (AvgIpc) is 2.20. The minimum atomic E-state index is -1.36. The normalized spacial score (nSPS) is 9.93. The van der Waals surface area contributed by atoms with Gasteiger partial charge in [0.15, 0.2) is 0 Å². The van der Waals surface area contributed by atoms with Gasteiger partial charge in [-0.15, -0.1) is 0 Å². The molecule has 1 aromatic rings. The summed E-state index contributed by atoms with van der Waals surface area (Å²) >= 11 is 5.71. The van der Waals surface area contributed by atoms with E-state index < -0.39 is 11.8 Å². The smallest absolute Gasteiger partial charge is 0.372 e. The molecule has 1 rings (SSSR count). The Morgan fingerprint density at radius 3 is 2.33 bits per heavy atom. The maximum atomic E-state index is 10.8. The van der Waals surface area contributed by atoms with E-state index in [4.69, 9.17) is 16.7 Å². The molecule has 1 N–H and O–H groups in total. The first-order valence-electron chi connectivity index (χ1n) is 4.60. The summed E-state index contributed by atoms with van der Waals surface area (Å²) in [6, 6.07) is 7.28. The van der Waals surface area contributed by atoms with Gasteiger partial charge in [0.1, 0.15) is 0 Å². The topological polar surface area (TPSA) is 54.4 Å². The minimum Gasteiger partial charge on any atom is -0.476 e. The number of Topliss-reactive ketones (excluding diaryl/α,β-unsaturated/α-hetero) is 1. The molecule has 80 valence electrons. The predicted octanol–water partition coefficient (Wildman–Crippen LogP) is 2.32. The van der Waals surface area contributed by atoms with Crippen molar-refractivity contribution in [2.75, 3.05) is 0 Å². The fraction of sp³-hybridized carbons (Fsp3) is 0.273. The van der Waals surface area contributed by atoms with Gasteiger partial charge in [0, 0.05) is 11.4 Å². The van der Waals surface area contributed by atoms with Crippen molar-refractivity contribution in [1.82, 2.24) is 0 Å². The summed E-state index contributed by atoms with van der Waals surface area (Å²) in [5.41, 5.74) is 1.05. The second-order valence-corrected chi connectivity index (χ2v) is 3.64. The van der Waals surface area contributed by atoms with Crippen molar-refractivity contribution in [2.45, 2.75) is 19.3 Å². The van der Waals surface area contributed by atoms with Crippen LogP contribution in [0, 0.1) is 0 Å². The third kappa shape index (κ3) is 4.13. The van der Waals surface area contributed by atoms with Crippen LogP contribution in [0.5, 0.6) is 0 Å². The number of halogens is 1. The molecule has 0 heterocycles. The summed E-state index contributed by atoms with van der Waals surface area (Å²) in [5, 5.41) is 9.02. The first-order chi connectivity index (χ1) is 7.09. The summed E-state index contributed by atoms with van der Waals surface area (Å²) in [5.74, 6) is -2.09. The van der Waals surface area contributed by atoms with Gasteiger partial charge in [-0.05, 0) is 30.5 Å². The molecule has 0 radical (unpaired) electrons. The van der Waals surface area contributed by atoms with Gasteiger partial charge in [0.05, 0.1) is 0 Å². The minimum absolute atomic E-state index is 0.0813. The lowest BCUT2D eigenvalue weighted by Crippen LogP contribution is -2.12. The molecule has 4 heteroatoms. The Labute approximate surface area is 92.7 Å². The van der Waals surface area contributed by atoms with Gasteiger partial charge in [0.2, 0.25) is 5.78 Å². The van der Waals surface area contributed by atoms with Crippen LogP contribution in [-0.2, 0) is 16.0 Å². The fourth-order valence-electron chi connectivity index (χ4n) is 1.21. The van der Waals surface area contributed by atoms with Crippen LogP contribution in [0.3, 0.4) is 0 Å². The SMILES string of the molecule is O=C(O)C(=O)CCCc1ccc(Cl)cc1. The average molecular weight is 227 g/mol. The van der Waals surface area contributed by atoms with Crippen LogP contribution in [0.4, 0.5) is 0 Å². The molecule has 15 heavy (non-hydrogen) atoms. The van der Waals surface area contributed by atoms with Crippen molar-refractivity contribution in [3.63, 3.8) is 0 Å². The van der Waals surface area contributed by atoms with Crippen molar-refractivity contribution in [2.24, 2.45) is 0 Å². The summed E-state index contributed by atoms with van der Waals surface area (Å²) in [7, 11) is 0. The quantitative estimate of drug-likeness (QED) is 0.784. The first-order valence-corrected chi connectivity index (χ1v) is 4.98. The second-order valence-electron chi connectivity index (χ2n) is 3.21. The molecule has 0 fully saturated rings. The predicted molar refractivity (Wildman–Crippen MR) is 57.0 cm³/mol. The number of carbonyl (C=O) groups is 2. The fourth-order valence-corrected chi connectivity index (χ4v) is 1.34. The van der Waals surface area contributed by atoms with E-state index in [0.717, 1.165) is 5.56 Å². The number of aryl methyl sites for hydroxylation is 1. The van der Waals surface area contributed by atoms with E-state index in [1.165, 1.54) is 0 Å². The number of ketones is 1. The molecule has 0 bridgehead atoms. The van der Waals surface area contributed by atoms with E-state index in [0.29, 0.717) is 17.9 Å². The zero-order valence-corrected chi connectivity index (χ0v) is 8.83. The molecule has 3 nitrogen and oxygen atoms in total. The highest BCUT2D eigenvalue weighted by atomic mass is 35.5. The van der Waals surface area contributed by atoms with Gasteiger partial charge in [-0.2, -0.15) is 0 Å². The van der Waals surface area contributed by atoms with Crippen molar-refractivity contribution in [1.29, 1.82) is 0 Å². The lowest BCUT2D eigenvalue weighted by atomic mass is 10.1. The van der Waals surface area contributed by atoms with Crippen molar-refractivity contribution in [3.8, 4) is 0 Å². The zero-order chi connectivity index (χ0) is 11.3. The van der Waals surface area contributed by atoms with E-state index in [2.05, 4.69) is 0 Å². The third-order valence-electron chi connectivity index (χ3n) is 2.02. The standard InChI is InChI=1S/C11H11ClO3/c12-9-6-4-8(5-7-9)2-1-3-10(13)11(14)15/h4-7H,1-3H2,(H,14,15). The third-order valence-corrected chi connectivity index (χ3v) is 2.27. The molecule has 1 aromatic carbocycles. The Balaban J connectivity index is 2.35. The highest BCUT2D eigenvalue weighted by molar-refractivity contribution is 6.32. The number of carboxylic acids is 1. The van der Waals surface area contributed by atoms with Crippen LogP contribution in [0.1, 0.15) is 18.4 Å². The second kappa shape index (κ2) is 5.51. The Kier molecular flexibility index (Phi) is 4.31. The summed E-state index contributed by atoms with van der Waals surface area (Å²) in [4.78, 5) is 21.0. The van der Waals surface area contributed by atoms with Gasteiger partial charge >= 0.3 is 5.97 Å². The molecule has 0 saturated heterocycles. The molecule has 0 amide bonds. The molecule has 0 saturated carbocycles. The van der Waals surface area contributed by atoms with E-state index in [-0.39, 0.29) is 6.42 Å². The van der Waals surface area contributed by atoms with Gasteiger partial charge < -0.3 is 5.11 Å². The Bertz CT molecular complexity index is 357. The summed E-state index contributed by atoms with van der Waals surface area (Å²) in [6.07, 6.45) is 1.32. The van der Waals surface area contributed by atoms with E-state index >= 15 is 0 Å². The van der Waals surface area contributed by atoms with Crippen LogP contribution < -0.4 is 0 Å². The van der Waals surface area contributed by atoms with E-state index in [1.54, 1.807) is 12.1 Å². The lowest BCUT2D eigenvalue weighted by molar-refractivity contribution is -0.149. The Morgan fingerprint density at radius 1 is 1.20 bits per heavy atom. The molecule has 0 aliphatic carbocycles. The molecule has 0 spiro atoms. The highest BCUT2D eigenvalue weighted by Gasteiger charge is 2.09. The van der Waals surface area contributed by atoms with Gasteiger partial charge in [-0.25, -0.2) is 4.79 Å². The van der Waals surface area contributed by atoms with Gasteiger partial charge in [0.25, 0.3) is 0 Å². The lowest BCUT2D eigenvalue weighted by Gasteiger charge is -1.99. The van der Waals surface area contributed by atoms with Gasteiger partial charge in [-0.3, -0.25) is 4.79 Å². The number of hydrogen-bond donors (Lipinski definition) is 1. The summed E-state index contributed by atoms with van der Waals surface area (Å²) < 4.78 is 0. The molecule has 0 aliphatic heterocycles. The van der Waals surface area contributed by atoms with Gasteiger partial charge in [-0.1, -0.05) is 23.7 Å². The number of aliphatic carboxylic acids is 1. The monoisotopic (exact) mass is 226 g/mol. The highest BCUT2D eigenvalue weighted by Crippen LogP contribution is 2.11. The zero-order valence-electron chi connectivity index (χ0n) is 8.07. The molecular formula is C11H11ClO3. The van der Waals surface area contributed by atoms with E-state index in [1.807, 2.05) is 12.1 Å². The van der Waals surface area contributed by atoms with E-state index in [9.17, 15) is 9.59 Å². The van der Waals surface area contributed by atoms with Crippen LogP contribution in [0.15, 0.2) is 24.3 Å². The maximum Gasteiger partial charge on any atom is 0.372 e. The Hall–Kier alpha value is -1.35. The number of rotatable bonds is 5. The largest absolute Gasteiger partial charge is 0.476 e. The number of hydrogen-bond acceptors (Lipinski definition) is 2. The maximum absolute atomic E-state index is 10.8.